The van der Waals surface area contributed by atoms with E-state index in [0.717, 1.165) is 11.1 Å². The van der Waals surface area contributed by atoms with Crippen LogP contribution in [0.25, 0.3) is 0 Å². The normalized spacial score (nSPS) is 15.5. The Hall–Kier alpha value is -2.98. The highest BCUT2D eigenvalue weighted by molar-refractivity contribution is 5.65. The van der Waals surface area contributed by atoms with Gasteiger partial charge in [-0.25, -0.2) is 4.39 Å². The summed E-state index contributed by atoms with van der Waals surface area (Å²) in [5.41, 5.74) is 2.35. The molecule has 0 aliphatic carbocycles. The maximum absolute atomic E-state index is 13.9. The summed E-state index contributed by atoms with van der Waals surface area (Å²) in [7, 11) is 0. The first-order valence-corrected chi connectivity index (χ1v) is 6.51. The van der Waals surface area contributed by atoms with Crippen molar-refractivity contribution in [1.82, 2.24) is 0 Å². The van der Waals surface area contributed by atoms with E-state index < -0.39 is 0 Å². The van der Waals surface area contributed by atoms with E-state index in [1.165, 1.54) is 10.8 Å². The summed E-state index contributed by atoms with van der Waals surface area (Å²) in [6, 6.07) is 14.7. The molecule has 6 heteroatoms. The highest BCUT2D eigenvalue weighted by Crippen LogP contribution is 2.25. The van der Waals surface area contributed by atoms with Crippen molar-refractivity contribution in [2.45, 2.75) is 13.0 Å². The zero-order valence-electron chi connectivity index (χ0n) is 11.8. The van der Waals surface area contributed by atoms with Gasteiger partial charge in [-0.15, -0.1) is 0 Å². The quantitative estimate of drug-likeness (QED) is 0.798. The molecule has 0 amide bonds. The molecule has 110 valence electrons. The lowest BCUT2D eigenvalue weighted by atomic mass is 10.1. The second-order valence-electron chi connectivity index (χ2n) is 4.59. The van der Waals surface area contributed by atoms with Gasteiger partial charge in [-0.3, -0.25) is 0 Å². The molecule has 0 spiro atoms. The van der Waals surface area contributed by atoms with Gasteiger partial charge in [-0.1, -0.05) is 41.1 Å². The molecular weight excluding hydrogens is 285 g/mol. The summed E-state index contributed by atoms with van der Waals surface area (Å²) in [6.07, 6.45) is 2.06. The molecule has 0 saturated heterocycles. The van der Waals surface area contributed by atoms with Crippen LogP contribution in [0.2, 0.25) is 0 Å². The predicted molar refractivity (Wildman–Crippen MR) is 76.2 cm³/mol. The Morgan fingerprint density at radius 3 is 2.45 bits per heavy atom. The number of halogens is 1. The summed E-state index contributed by atoms with van der Waals surface area (Å²) in [4.78, 5) is 16.2. The molecule has 0 bridgehead atoms. The number of aryl methyl sites for hydroxylation is 1. The number of benzene rings is 2. The number of hydrogen-bond donors (Lipinski definition) is 0. The van der Waals surface area contributed by atoms with Crippen LogP contribution in [-0.2, 0) is 9.59 Å². The number of carbonyl (C=O) groups excluding carboxylic acids is 2. The molecule has 0 saturated carbocycles. The van der Waals surface area contributed by atoms with Crippen LogP contribution in [0.4, 0.5) is 10.1 Å². The minimum Gasteiger partial charge on any atom is -0.202 e. The summed E-state index contributed by atoms with van der Waals surface area (Å²) in [5.74, 6) is -0.288. The van der Waals surface area contributed by atoms with Crippen molar-refractivity contribution in [3.05, 3.63) is 65.5 Å². The van der Waals surface area contributed by atoms with Crippen molar-refractivity contribution in [3.8, 4) is 0 Å². The first-order chi connectivity index (χ1) is 10.7. The third-order valence-corrected chi connectivity index (χ3v) is 3.05. The van der Waals surface area contributed by atoms with E-state index in [1.807, 2.05) is 49.5 Å². The highest BCUT2D eigenvalue weighted by Gasteiger charge is 2.26. The Bertz CT molecular complexity index is 751. The third-order valence-electron chi connectivity index (χ3n) is 3.05. The van der Waals surface area contributed by atoms with E-state index in [2.05, 4.69) is 10.3 Å². The van der Waals surface area contributed by atoms with Crippen molar-refractivity contribution in [1.29, 1.82) is 0 Å². The Morgan fingerprint density at radius 2 is 1.82 bits per heavy atom. The second-order valence-corrected chi connectivity index (χ2v) is 4.59. The fourth-order valence-corrected chi connectivity index (χ4v) is 2.03. The average Bonchev–Trinajstić information content (AvgIpc) is 2.98. The van der Waals surface area contributed by atoms with Crippen LogP contribution < -0.4 is 0 Å². The van der Waals surface area contributed by atoms with Gasteiger partial charge in [0.1, 0.15) is 5.22 Å². The zero-order valence-corrected chi connectivity index (χ0v) is 11.8. The van der Waals surface area contributed by atoms with Crippen LogP contribution in [0.15, 0.2) is 58.9 Å². The number of hydrogen-bond acceptors (Lipinski definition) is 4. The largest absolute Gasteiger partial charge is 0.373 e. The first-order valence-electron chi connectivity index (χ1n) is 6.51. The van der Waals surface area contributed by atoms with E-state index in [9.17, 15) is 4.39 Å². The Balaban J connectivity index is 0.000000545. The van der Waals surface area contributed by atoms with Crippen LogP contribution in [-0.4, -0.2) is 17.1 Å². The van der Waals surface area contributed by atoms with Gasteiger partial charge >= 0.3 is 6.15 Å². The standard InChI is InChI=1S/C15H13FN3.CO2/c1-11-7-8-15(13(16)9-11)19-10-14(17-18-19)12-5-3-2-4-6-12;2-1-3/h2-10,14H,1H3;/q+1;. The topological polar surface area (TPSA) is 61.9 Å². The minimum atomic E-state index is -0.288. The molecule has 3 rings (SSSR count). The zero-order chi connectivity index (χ0) is 15.9. The van der Waals surface area contributed by atoms with Crippen LogP contribution >= 0.6 is 0 Å². The third kappa shape index (κ3) is 3.56. The summed E-state index contributed by atoms with van der Waals surface area (Å²) in [6.45, 7) is 1.86. The summed E-state index contributed by atoms with van der Waals surface area (Å²) < 4.78 is 15.4. The SMILES string of the molecule is Cc1ccc([N+]2=CC(c3ccccc3)N=N2)c(F)c1.O=C=O. The smallest absolute Gasteiger partial charge is 0.202 e. The van der Waals surface area contributed by atoms with Gasteiger partial charge in [0.2, 0.25) is 6.04 Å². The van der Waals surface area contributed by atoms with Gasteiger partial charge in [0.15, 0.2) is 17.7 Å². The van der Waals surface area contributed by atoms with Gasteiger partial charge in [-0.2, -0.15) is 9.59 Å². The number of nitrogens with zero attached hydrogens (tertiary/aromatic N) is 3. The molecule has 1 aliphatic rings. The van der Waals surface area contributed by atoms with Crippen molar-refractivity contribution in [3.63, 3.8) is 0 Å². The Kier molecular flexibility index (Phi) is 5.01. The lowest BCUT2D eigenvalue weighted by Gasteiger charge is -1.98. The molecule has 0 aromatic heterocycles. The van der Waals surface area contributed by atoms with Gasteiger partial charge in [-0.05, 0) is 24.6 Å². The lowest BCUT2D eigenvalue weighted by molar-refractivity contribution is -0.446. The maximum Gasteiger partial charge on any atom is 0.373 e. The first kappa shape index (κ1) is 15.4. The number of rotatable bonds is 2. The summed E-state index contributed by atoms with van der Waals surface area (Å²) in [5, 5.41) is 8.17. The Labute approximate surface area is 126 Å². The highest BCUT2D eigenvalue weighted by atomic mass is 19.1. The maximum atomic E-state index is 13.9. The lowest BCUT2D eigenvalue weighted by Crippen LogP contribution is -2.01. The molecular formula is C16H13FN3O2+. The Morgan fingerprint density at radius 1 is 1.14 bits per heavy atom. The fraction of sp³-hybridized carbons (Fsp3) is 0.125. The van der Waals surface area contributed by atoms with Crippen LogP contribution in [0.3, 0.4) is 0 Å². The molecule has 0 N–H and O–H groups in total. The predicted octanol–water partition coefficient (Wildman–Crippen LogP) is 3.39. The molecule has 5 nitrogen and oxygen atoms in total. The monoisotopic (exact) mass is 298 g/mol. The molecule has 1 unspecified atom stereocenters. The molecule has 1 heterocycles. The summed E-state index contributed by atoms with van der Waals surface area (Å²) >= 11 is 0. The molecule has 1 aliphatic heterocycles. The van der Waals surface area contributed by atoms with Gasteiger partial charge in [0.25, 0.3) is 0 Å². The molecule has 0 radical (unpaired) electrons. The van der Waals surface area contributed by atoms with E-state index in [-0.39, 0.29) is 18.0 Å². The minimum absolute atomic E-state index is 0.151. The average molecular weight is 298 g/mol. The van der Waals surface area contributed by atoms with E-state index in [1.54, 1.807) is 6.07 Å². The van der Waals surface area contributed by atoms with E-state index in [4.69, 9.17) is 9.59 Å². The van der Waals surface area contributed by atoms with Crippen molar-refractivity contribution in [2.24, 2.45) is 10.3 Å². The molecule has 2 aromatic carbocycles. The van der Waals surface area contributed by atoms with Gasteiger partial charge in [0.05, 0.1) is 0 Å². The van der Waals surface area contributed by atoms with Crippen LogP contribution in [0.1, 0.15) is 17.2 Å². The fourth-order valence-electron chi connectivity index (χ4n) is 2.03. The van der Waals surface area contributed by atoms with E-state index >= 15 is 0 Å². The molecule has 0 fully saturated rings. The van der Waals surface area contributed by atoms with Crippen molar-refractivity contribution >= 4 is 18.1 Å². The van der Waals surface area contributed by atoms with Crippen molar-refractivity contribution in [2.75, 3.05) is 0 Å². The van der Waals surface area contributed by atoms with Crippen molar-refractivity contribution < 1.29 is 18.7 Å². The molecule has 1 atom stereocenters. The van der Waals surface area contributed by atoms with E-state index in [0.29, 0.717) is 5.69 Å². The second kappa shape index (κ2) is 7.15. The van der Waals surface area contributed by atoms with Gasteiger partial charge < -0.3 is 0 Å². The van der Waals surface area contributed by atoms with Crippen LogP contribution in [0, 0.1) is 12.7 Å². The van der Waals surface area contributed by atoms with Gasteiger partial charge in [0, 0.05) is 10.7 Å². The van der Waals surface area contributed by atoms with Crippen LogP contribution in [0.5, 0.6) is 0 Å². The molecule has 2 aromatic rings. The molecule has 22 heavy (non-hydrogen) atoms.